The van der Waals surface area contributed by atoms with E-state index in [1.807, 2.05) is 18.5 Å². The predicted octanol–water partition coefficient (Wildman–Crippen LogP) is 2.86. The minimum absolute atomic E-state index is 0.258. The first-order valence-electron chi connectivity index (χ1n) is 7.33. The molecule has 0 bridgehead atoms. The number of nitrogens with one attached hydrogen (secondary N) is 1. The molecule has 108 valence electrons. The Morgan fingerprint density at radius 2 is 1.90 bits per heavy atom. The van der Waals surface area contributed by atoms with Gasteiger partial charge < -0.3 is 9.88 Å². The molecule has 1 N–H and O–H groups in total. The van der Waals surface area contributed by atoms with Crippen LogP contribution >= 0.6 is 0 Å². The van der Waals surface area contributed by atoms with Gasteiger partial charge in [-0.1, -0.05) is 19.1 Å². The zero-order valence-electron chi connectivity index (χ0n) is 12.5. The van der Waals surface area contributed by atoms with Crippen molar-refractivity contribution in [3.63, 3.8) is 0 Å². The first-order chi connectivity index (χ1) is 10.3. The summed E-state index contributed by atoms with van der Waals surface area (Å²) in [5.74, 6) is 1.10. The maximum absolute atomic E-state index is 4.77. The fourth-order valence-electron chi connectivity index (χ4n) is 2.71. The molecule has 0 radical (unpaired) electrons. The molecule has 3 aromatic rings. The van der Waals surface area contributed by atoms with Crippen LogP contribution in [0.25, 0.3) is 11.0 Å². The number of fused-ring (bicyclic) bond motifs is 1. The molecule has 0 saturated heterocycles. The van der Waals surface area contributed by atoms with Gasteiger partial charge in [-0.15, -0.1) is 0 Å². The zero-order valence-corrected chi connectivity index (χ0v) is 12.5. The van der Waals surface area contributed by atoms with Crippen LogP contribution < -0.4 is 5.32 Å². The number of nitrogens with zero attached hydrogens (tertiary/aromatic N) is 3. The Morgan fingerprint density at radius 1 is 1.14 bits per heavy atom. The Hall–Kier alpha value is -2.20. The van der Waals surface area contributed by atoms with Crippen LogP contribution in [-0.2, 0) is 13.5 Å². The van der Waals surface area contributed by atoms with Crippen molar-refractivity contribution in [2.45, 2.75) is 19.4 Å². The van der Waals surface area contributed by atoms with E-state index in [1.54, 1.807) is 0 Å². The first kappa shape index (κ1) is 13.8. The van der Waals surface area contributed by atoms with Crippen molar-refractivity contribution in [3.8, 4) is 0 Å². The lowest BCUT2D eigenvalue weighted by atomic mass is 10.0. The molecule has 3 rings (SSSR count). The summed E-state index contributed by atoms with van der Waals surface area (Å²) < 4.78 is 2.18. The second-order valence-electron chi connectivity index (χ2n) is 5.17. The van der Waals surface area contributed by atoms with Gasteiger partial charge in [0, 0.05) is 31.9 Å². The number of para-hydroxylation sites is 2. The summed E-state index contributed by atoms with van der Waals surface area (Å²) in [6.45, 7) is 3.06. The van der Waals surface area contributed by atoms with Crippen LogP contribution in [0.15, 0.2) is 48.8 Å². The van der Waals surface area contributed by atoms with Crippen LogP contribution in [-0.4, -0.2) is 21.1 Å². The molecule has 0 aliphatic heterocycles. The largest absolute Gasteiger partial charge is 0.331 e. The number of pyridine rings is 1. The molecule has 0 amide bonds. The van der Waals surface area contributed by atoms with Crippen molar-refractivity contribution < 1.29 is 0 Å². The van der Waals surface area contributed by atoms with E-state index in [1.165, 1.54) is 11.1 Å². The fourth-order valence-corrected chi connectivity index (χ4v) is 2.71. The molecular formula is C17H20N4. The average Bonchev–Trinajstić information content (AvgIpc) is 2.84. The third-order valence-electron chi connectivity index (χ3n) is 3.83. The number of aromatic nitrogens is 3. The Kier molecular flexibility index (Phi) is 3.97. The zero-order chi connectivity index (χ0) is 14.7. The molecule has 1 unspecified atom stereocenters. The summed E-state index contributed by atoms with van der Waals surface area (Å²) >= 11 is 0. The topological polar surface area (TPSA) is 42.7 Å². The van der Waals surface area contributed by atoms with Gasteiger partial charge in [0.1, 0.15) is 5.82 Å². The highest BCUT2D eigenvalue weighted by atomic mass is 15.1. The van der Waals surface area contributed by atoms with E-state index >= 15 is 0 Å². The van der Waals surface area contributed by atoms with E-state index in [-0.39, 0.29) is 6.04 Å². The van der Waals surface area contributed by atoms with E-state index in [2.05, 4.69) is 59.2 Å². The first-order valence-corrected chi connectivity index (χ1v) is 7.33. The average molecular weight is 280 g/mol. The van der Waals surface area contributed by atoms with Crippen LogP contribution in [0.5, 0.6) is 0 Å². The van der Waals surface area contributed by atoms with Crippen LogP contribution in [0, 0.1) is 0 Å². The van der Waals surface area contributed by atoms with E-state index in [0.29, 0.717) is 0 Å². The SMILES string of the molecule is CCNC(Cc1nc2ccccc2n1C)c1ccncc1. The number of likely N-dealkylation sites (N-methyl/N-ethyl adjacent to an activating group) is 1. The maximum atomic E-state index is 4.77. The van der Waals surface area contributed by atoms with E-state index < -0.39 is 0 Å². The van der Waals surface area contributed by atoms with Gasteiger partial charge in [-0.2, -0.15) is 0 Å². The standard InChI is InChI=1S/C17H20N4/c1-3-19-15(13-8-10-18-11-9-13)12-17-20-14-6-4-5-7-16(14)21(17)2/h4-11,15,19H,3,12H2,1-2H3. The Morgan fingerprint density at radius 3 is 2.62 bits per heavy atom. The minimum atomic E-state index is 0.258. The molecule has 4 nitrogen and oxygen atoms in total. The highest BCUT2D eigenvalue weighted by molar-refractivity contribution is 5.75. The van der Waals surface area contributed by atoms with Crippen molar-refractivity contribution in [1.82, 2.24) is 19.9 Å². The highest BCUT2D eigenvalue weighted by Crippen LogP contribution is 2.20. The Bertz CT molecular complexity index is 718. The summed E-state index contributed by atoms with van der Waals surface area (Å²) in [5, 5.41) is 3.54. The molecule has 21 heavy (non-hydrogen) atoms. The quantitative estimate of drug-likeness (QED) is 0.781. The molecule has 0 fully saturated rings. The lowest BCUT2D eigenvalue weighted by molar-refractivity contribution is 0.530. The van der Waals surface area contributed by atoms with Crippen molar-refractivity contribution in [1.29, 1.82) is 0 Å². The van der Waals surface area contributed by atoms with Crippen molar-refractivity contribution in [3.05, 3.63) is 60.2 Å². The molecular weight excluding hydrogens is 260 g/mol. The van der Waals surface area contributed by atoms with Crippen LogP contribution in [0.4, 0.5) is 0 Å². The summed E-state index contributed by atoms with van der Waals surface area (Å²) in [6, 6.07) is 12.6. The van der Waals surface area contributed by atoms with Crippen LogP contribution in [0.3, 0.4) is 0 Å². The molecule has 1 aromatic carbocycles. The highest BCUT2D eigenvalue weighted by Gasteiger charge is 2.15. The molecule has 0 saturated carbocycles. The van der Waals surface area contributed by atoms with Crippen molar-refractivity contribution >= 4 is 11.0 Å². The van der Waals surface area contributed by atoms with E-state index in [0.717, 1.165) is 24.3 Å². The molecule has 0 spiro atoms. The van der Waals surface area contributed by atoms with Gasteiger partial charge >= 0.3 is 0 Å². The maximum Gasteiger partial charge on any atom is 0.111 e. The number of imidazole rings is 1. The van der Waals surface area contributed by atoms with Gasteiger partial charge in [-0.05, 0) is 36.4 Å². The van der Waals surface area contributed by atoms with Gasteiger partial charge in [0.25, 0.3) is 0 Å². The van der Waals surface area contributed by atoms with E-state index in [4.69, 9.17) is 4.98 Å². The Labute approximate surface area is 124 Å². The predicted molar refractivity (Wildman–Crippen MR) is 85.1 cm³/mol. The summed E-state index contributed by atoms with van der Waals surface area (Å²) in [6.07, 6.45) is 4.55. The summed E-state index contributed by atoms with van der Waals surface area (Å²) in [7, 11) is 2.08. The molecule has 0 aliphatic rings. The van der Waals surface area contributed by atoms with E-state index in [9.17, 15) is 0 Å². The lowest BCUT2D eigenvalue weighted by Crippen LogP contribution is -2.24. The lowest BCUT2D eigenvalue weighted by Gasteiger charge is -2.18. The smallest absolute Gasteiger partial charge is 0.111 e. The number of benzene rings is 1. The van der Waals surface area contributed by atoms with Crippen molar-refractivity contribution in [2.24, 2.45) is 7.05 Å². The molecule has 1 atom stereocenters. The normalized spacial score (nSPS) is 12.7. The second-order valence-corrected chi connectivity index (χ2v) is 5.17. The van der Waals surface area contributed by atoms with Crippen molar-refractivity contribution in [2.75, 3.05) is 6.54 Å². The number of hydrogen-bond acceptors (Lipinski definition) is 3. The fraction of sp³-hybridized carbons (Fsp3) is 0.294. The monoisotopic (exact) mass is 280 g/mol. The van der Waals surface area contributed by atoms with Gasteiger partial charge in [-0.25, -0.2) is 4.98 Å². The molecule has 0 aliphatic carbocycles. The van der Waals surface area contributed by atoms with Gasteiger partial charge in [0.05, 0.1) is 11.0 Å². The minimum Gasteiger partial charge on any atom is -0.331 e. The number of hydrogen-bond donors (Lipinski definition) is 1. The van der Waals surface area contributed by atoms with Crippen LogP contribution in [0.2, 0.25) is 0 Å². The van der Waals surface area contributed by atoms with Gasteiger partial charge in [0.15, 0.2) is 0 Å². The second kappa shape index (κ2) is 6.06. The van der Waals surface area contributed by atoms with Gasteiger partial charge in [0.2, 0.25) is 0 Å². The molecule has 4 heteroatoms. The third kappa shape index (κ3) is 2.81. The van der Waals surface area contributed by atoms with Crippen LogP contribution in [0.1, 0.15) is 24.4 Å². The molecule has 2 aromatic heterocycles. The molecule has 2 heterocycles. The number of aryl methyl sites for hydroxylation is 1. The summed E-state index contributed by atoms with van der Waals surface area (Å²) in [5.41, 5.74) is 3.48. The van der Waals surface area contributed by atoms with Gasteiger partial charge in [-0.3, -0.25) is 4.98 Å². The summed E-state index contributed by atoms with van der Waals surface area (Å²) in [4.78, 5) is 8.87. The Balaban J connectivity index is 1.93. The third-order valence-corrected chi connectivity index (χ3v) is 3.83. The number of rotatable bonds is 5.